The number of ether oxygens (including phenoxy) is 1. The van der Waals surface area contributed by atoms with E-state index in [-0.39, 0.29) is 28.9 Å². The number of Topliss-reactive ketones (excluding diaryl/α,β-unsaturated/α-hetero) is 2. The Balaban J connectivity index is 1.55. The summed E-state index contributed by atoms with van der Waals surface area (Å²) in [5.74, 6) is -8.77. The maximum Gasteiger partial charge on any atom is 0.573 e. The van der Waals surface area contributed by atoms with E-state index in [0.717, 1.165) is 24.3 Å². The van der Waals surface area contributed by atoms with Crippen LogP contribution >= 0.6 is 0 Å². The number of aliphatic hydroxyl groups excluding tert-OH is 2. The summed E-state index contributed by atoms with van der Waals surface area (Å²) >= 11 is 0. The van der Waals surface area contributed by atoms with Crippen molar-refractivity contribution in [2.45, 2.75) is 30.5 Å². The van der Waals surface area contributed by atoms with Crippen LogP contribution in [0.2, 0.25) is 0 Å². The highest BCUT2D eigenvalue weighted by molar-refractivity contribution is 6.24. The molecule has 5 rings (SSSR count). The summed E-state index contributed by atoms with van der Waals surface area (Å²) < 4.78 is 41.1. The number of carbonyl (C=O) groups is 4. The van der Waals surface area contributed by atoms with Crippen LogP contribution < -0.4 is 21.1 Å². The third kappa shape index (κ3) is 5.48. The Labute approximate surface area is 270 Å². The minimum Gasteiger partial charge on any atom is -0.508 e. The van der Waals surface area contributed by atoms with Crippen LogP contribution in [0.4, 0.5) is 29.3 Å². The van der Waals surface area contributed by atoms with E-state index in [1.807, 2.05) is 0 Å². The lowest BCUT2D eigenvalue weighted by Gasteiger charge is -2.52. The maximum absolute atomic E-state index is 14.2. The summed E-state index contributed by atoms with van der Waals surface area (Å²) in [6.07, 6.45) is -5.04. The normalized spacial score (nSPS) is 25.5. The Kier molecular flexibility index (Phi) is 8.44. The van der Waals surface area contributed by atoms with E-state index < -0.39 is 88.0 Å². The van der Waals surface area contributed by atoms with Crippen LogP contribution in [0, 0.1) is 11.8 Å². The first-order valence-corrected chi connectivity index (χ1v) is 14.4. The molecule has 0 heterocycles. The lowest BCUT2D eigenvalue weighted by molar-refractivity contribution is -0.274. The van der Waals surface area contributed by atoms with Gasteiger partial charge in [-0.15, -0.1) is 13.2 Å². The zero-order valence-electron chi connectivity index (χ0n) is 25.9. The van der Waals surface area contributed by atoms with Crippen LogP contribution in [0.1, 0.15) is 23.6 Å². The number of ketones is 2. The number of urea groups is 1. The number of nitrogens with two attached hydrogens (primary N) is 1. The molecule has 14 nitrogen and oxygen atoms in total. The topological polar surface area (TPSA) is 215 Å². The highest BCUT2D eigenvalue weighted by Gasteiger charge is 2.65. The average Bonchev–Trinajstić information content (AvgIpc) is 2.96. The highest BCUT2D eigenvalue weighted by atomic mass is 19.4. The van der Waals surface area contributed by atoms with Gasteiger partial charge in [-0.05, 0) is 70.5 Å². The number of primary amides is 1. The Morgan fingerprint density at radius 1 is 0.958 bits per heavy atom. The van der Waals surface area contributed by atoms with Gasteiger partial charge in [-0.2, -0.15) is 0 Å². The minimum atomic E-state index is -4.90. The fourth-order valence-corrected chi connectivity index (χ4v) is 7.00. The van der Waals surface area contributed by atoms with E-state index in [2.05, 4.69) is 15.4 Å². The molecule has 2 aromatic carbocycles. The number of phenols is 1. The Bertz CT molecular complexity index is 1790. The highest BCUT2D eigenvalue weighted by Crippen LogP contribution is 2.57. The molecule has 3 unspecified atom stereocenters. The number of alkyl halides is 3. The van der Waals surface area contributed by atoms with Crippen LogP contribution in [-0.4, -0.2) is 99.9 Å². The van der Waals surface area contributed by atoms with Crippen LogP contribution in [0.25, 0.3) is 5.76 Å². The number of nitrogens with one attached hydrogen (secondary N) is 2. The Morgan fingerprint density at radius 3 is 2.10 bits per heavy atom. The van der Waals surface area contributed by atoms with E-state index in [0.29, 0.717) is 5.56 Å². The fraction of sp³-hybridized carbons (Fsp3) is 0.355. The zero-order valence-corrected chi connectivity index (χ0v) is 25.9. The van der Waals surface area contributed by atoms with E-state index in [4.69, 9.17) is 5.73 Å². The number of benzene rings is 2. The molecule has 3 aliphatic rings. The third-order valence-corrected chi connectivity index (χ3v) is 8.85. The predicted molar refractivity (Wildman–Crippen MR) is 163 cm³/mol. The molecule has 3 amide bonds. The number of fused-ring (bicyclic) bond motifs is 3. The number of hydrogen-bond donors (Lipinski definition) is 7. The number of anilines is 2. The van der Waals surface area contributed by atoms with Gasteiger partial charge in [-0.25, -0.2) is 4.79 Å². The number of aromatic hydroxyl groups is 1. The van der Waals surface area contributed by atoms with Crippen LogP contribution in [0.5, 0.6) is 11.5 Å². The van der Waals surface area contributed by atoms with E-state index in [1.165, 1.54) is 31.1 Å². The summed E-state index contributed by atoms with van der Waals surface area (Å²) in [6.45, 7) is 0. The van der Waals surface area contributed by atoms with Gasteiger partial charge in [0.05, 0.1) is 17.3 Å². The lowest BCUT2D eigenvalue weighted by Crippen LogP contribution is -2.66. The van der Waals surface area contributed by atoms with Crippen molar-refractivity contribution in [3.8, 4) is 11.5 Å². The van der Waals surface area contributed by atoms with Gasteiger partial charge < -0.3 is 46.4 Å². The first kappa shape index (κ1) is 34.2. The molecular weight excluding hydrogens is 643 g/mol. The van der Waals surface area contributed by atoms with Crippen LogP contribution in [0.15, 0.2) is 53.3 Å². The van der Waals surface area contributed by atoms with Gasteiger partial charge in [0, 0.05) is 29.1 Å². The van der Waals surface area contributed by atoms with Crippen molar-refractivity contribution in [1.29, 1.82) is 0 Å². The van der Waals surface area contributed by atoms with Crippen molar-refractivity contribution in [3.05, 3.63) is 64.4 Å². The molecule has 0 spiro atoms. The summed E-state index contributed by atoms with van der Waals surface area (Å²) in [7, 11) is 6.33. The van der Waals surface area contributed by atoms with Gasteiger partial charge >= 0.3 is 12.4 Å². The average molecular weight is 676 g/mol. The molecule has 5 atom stereocenters. The minimum absolute atomic E-state index is 0.0701. The van der Waals surface area contributed by atoms with Gasteiger partial charge in [-0.1, -0.05) is 6.07 Å². The molecule has 0 bridgehead atoms. The number of amides is 3. The van der Waals surface area contributed by atoms with E-state index in [9.17, 15) is 52.8 Å². The standard InChI is InChI=1S/C31H32F3N5O9/c1-38(2)21-14-9-10-17(37-29(46)36-12-5-7-13(8-6-12)48-31(32,33)34)23(40)18(14)24(41)19-15(21)11-16-22(39(3)4)25(42)20(28(35)45)27(44)30(16,47)26(19)43/h5-10,15-16,21-22,40-41,44,47H,11H2,1-4H3,(H2,35,45)(H2,36,37,46)/t15?,16?,21?,22-,30-/m0/s1. The number of nitrogens with zero attached hydrogens (tertiary/aromatic N) is 2. The Morgan fingerprint density at radius 2 is 1.56 bits per heavy atom. The molecule has 2 aromatic rings. The van der Waals surface area contributed by atoms with E-state index >= 15 is 0 Å². The van der Waals surface area contributed by atoms with Crippen molar-refractivity contribution in [2.75, 3.05) is 38.8 Å². The van der Waals surface area contributed by atoms with Gasteiger partial charge in [0.2, 0.25) is 5.78 Å². The molecule has 3 aliphatic carbocycles. The number of halogens is 3. The van der Waals surface area contributed by atoms with Crippen molar-refractivity contribution < 1.29 is 57.5 Å². The number of rotatable bonds is 6. The van der Waals surface area contributed by atoms with Crippen molar-refractivity contribution in [1.82, 2.24) is 9.80 Å². The second kappa shape index (κ2) is 11.8. The Hall–Kier alpha value is -5.13. The van der Waals surface area contributed by atoms with Crippen LogP contribution in [-0.2, 0) is 14.4 Å². The summed E-state index contributed by atoms with van der Waals surface area (Å²) in [5, 5.41) is 50.6. The first-order valence-electron chi connectivity index (χ1n) is 14.4. The van der Waals surface area contributed by atoms with Gasteiger partial charge in [0.25, 0.3) is 5.91 Å². The SMILES string of the molecule is CN(C)C1c2ccc(NC(=O)Nc3ccc(OC(F)(F)F)cc3)c(O)c2C(O)=C2C(=O)[C@]3(O)C(O)=C(C(N)=O)C(=O)[C@@H](N(C)C)C3CC21. The molecule has 1 fully saturated rings. The van der Waals surface area contributed by atoms with Crippen molar-refractivity contribution in [2.24, 2.45) is 17.6 Å². The molecule has 48 heavy (non-hydrogen) atoms. The number of phenolic OH excluding ortho intramolecular Hbond substituents is 1. The molecule has 8 N–H and O–H groups in total. The molecule has 0 aromatic heterocycles. The second-order valence-corrected chi connectivity index (χ2v) is 12.2. The van der Waals surface area contributed by atoms with Crippen LogP contribution in [0.3, 0.4) is 0 Å². The summed E-state index contributed by atoms with van der Waals surface area (Å²) in [5.41, 5.74) is 1.09. The smallest absolute Gasteiger partial charge is 0.508 e. The monoisotopic (exact) mass is 675 g/mol. The molecule has 17 heteroatoms. The number of likely N-dealkylation sites (N-methyl/N-ethyl adjacent to an activating group) is 1. The lowest BCUT2D eigenvalue weighted by atomic mass is 9.56. The molecule has 1 saturated carbocycles. The molecule has 0 radical (unpaired) electrons. The second-order valence-electron chi connectivity index (χ2n) is 12.2. The zero-order chi connectivity index (χ0) is 35.6. The number of aliphatic hydroxyl groups is 3. The quantitative estimate of drug-likeness (QED) is 0.175. The summed E-state index contributed by atoms with van der Waals surface area (Å²) in [6, 6.07) is 4.15. The molecule has 0 aliphatic heterocycles. The van der Waals surface area contributed by atoms with Crippen molar-refractivity contribution in [3.63, 3.8) is 0 Å². The first-order chi connectivity index (χ1) is 22.3. The number of hydrogen-bond acceptors (Lipinski definition) is 11. The summed E-state index contributed by atoms with van der Waals surface area (Å²) in [4.78, 5) is 55.7. The predicted octanol–water partition coefficient (Wildman–Crippen LogP) is 2.57. The largest absolute Gasteiger partial charge is 0.573 e. The molecule has 0 saturated heterocycles. The maximum atomic E-state index is 14.2. The van der Waals surface area contributed by atoms with Gasteiger partial charge in [0.15, 0.2) is 11.4 Å². The van der Waals surface area contributed by atoms with Gasteiger partial charge in [-0.3, -0.25) is 19.3 Å². The van der Waals surface area contributed by atoms with Gasteiger partial charge in [0.1, 0.15) is 28.6 Å². The van der Waals surface area contributed by atoms with Crippen molar-refractivity contribution >= 4 is 40.6 Å². The third-order valence-electron chi connectivity index (χ3n) is 8.85. The number of carbonyl (C=O) groups excluding carboxylic acids is 4. The fourth-order valence-electron chi connectivity index (χ4n) is 7.00. The molecule has 256 valence electrons. The van der Waals surface area contributed by atoms with E-state index in [1.54, 1.807) is 19.0 Å². The molecular formula is C31H32F3N5O9.